The van der Waals surface area contributed by atoms with Crippen molar-refractivity contribution >= 4 is 39.0 Å². The molecule has 7 nitrogen and oxygen atoms in total. The summed E-state index contributed by atoms with van der Waals surface area (Å²) < 4.78 is 0.841. The number of aliphatic hydroxyl groups is 1. The summed E-state index contributed by atoms with van der Waals surface area (Å²) in [5.41, 5.74) is 8.05. The number of fused-ring (bicyclic) bond motifs is 1. The van der Waals surface area contributed by atoms with Gasteiger partial charge < -0.3 is 10.8 Å². The maximum Gasteiger partial charge on any atom is 0.222 e. The van der Waals surface area contributed by atoms with Gasteiger partial charge in [0.15, 0.2) is 5.82 Å². The van der Waals surface area contributed by atoms with E-state index in [0.717, 1.165) is 20.8 Å². The molecule has 4 N–H and O–H groups in total. The van der Waals surface area contributed by atoms with Crippen LogP contribution in [0, 0.1) is 0 Å². The minimum Gasteiger partial charge on any atom is -0.390 e. The third-order valence-corrected chi connectivity index (χ3v) is 4.15. The number of hydrogen-bond acceptors (Lipinski definition) is 7. The van der Waals surface area contributed by atoms with E-state index in [1.54, 1.807) is 6.20 Å². The van der Waals surface area contributed by atoms with Gasteiger partial charge in [-0.15, -0.1) is 11.3 Å². The summed E-state index contributed by atoms with van der Waals surface area (Å²) in [4.78, 5) is 13.8. The average molecular weight is 302 g/mol. The van der Waals surface area contributed by atoms with E-state index in [1.165, 1.54) is 11.3 Å². The predicted molar refractivity (Wildman–Crippen MR) is 83.9 cm³/mol. The minimum atomic E-state index is -0.0965. The number of nitrogen functional groups attached to an aromatic ring is 1. The smallest absolute Gasteiger partial charge is 0.222 e. The number of nitrogens with zero attached hydrogens (tertiary/aromatic N) is 4. The number of aliphatic imine (C=N–C) groups is 1. The van der Waals surface area contributed by atoms with Crippen LogP contribution in [0.4, 0.5) is 11.8 Å². The fraction of sp³-hybridized carbons (Fsp3) is 0.231. The second-order valence-electron chi connectivity index (χ2n) is 4.39. The first-order valence-corrected chi connectivity index (χ1v) is 7.27. The summed E-state index contributed by atoms with van der Waals surface area (Å²) in [6, 6.07) is 3.81. The van der Waals surface area contributed by atoms with Crippen molar-refractivity contribution in [3.05, 3.63) is 18.3 Å². The molecule has 3 heterocycles. The summed E-state index contributed by atoms with van der Waals surface area (Å²) in [5.74, 6) is 0.669. The van der Waals surface area contributed by atoms with Crippen molar-refractivity contribution in [3.63, 3.8) is 0 Å². The molecule has 0 aliphatic heterocycles. The molecule has 3 aromatic rings. The highest BCUT2D eigenvalue weighted by molar-refractivity contribution is 7.22. The third-order valence-electron chi connectivity index (χ3n) is 2.99. The highest BCUT2D eigenvalue weighted by atomic mass is 32.1. The number of thiophene rings is 1. The number of H-pyrrole nitrogens is 1. The zero-order valence-corrected chi connectivity index (χ0v) is 12.2. The lowest BCUT2D eigenvalue weighted by molar-refractivity contribution is 0.355. The Morgan fingerprint density at radius 3 is 3.00 bits per heavy atom. The standard InChI is InChI=1S/C13H14N6OS/c1-2-7(6-20)16-12-11-9(17-13(14)18-12)5-10(21-11)8-3-4-15-19-8/h3-5,20H,2,6H2,1H3,(H,15,19)(H2,14,17,18)/b16-7+. The van der Waals surface area contributed by atoms with E-state index in [0.29, 0.717) is 18.0 Å². The fourth-order valence-corrected chi connectivity index (χ4v) is 2.92. The van der Waals surface area contributed by atoms with Gasteiger partial charge in [0.25, 0.3) is 0 Å². The van der Waals surface area contributed by atoms with Crippen molar-refractivity contribution in [1.29, 1.82) is 0 Å². The highest BCUT2D eigenvalue weighted by Gasteiger charge is 2.12. The number of nitrogens with one attached hydrogen (secondary N) is 1. The molecule has 0 unspecified atom stereocenters. The Labute approximate surface area is 124 Å². The second-order valence-corrected chi connectivity index (χ2v) is 5.44. The van der Waals surface area contributed by atoms with E-state index in [2.05, 4.69) is 25.2 Å². The summed E-state index contributed by atoms with van der Waals surface area (Å²) in [6.07, 6.45) is 2.35. The maximum absolute atomic E-state index is 9.27. The van der Waals surface area contributed by atoms with Crippen LogP contribution in [-0.2, 0) is 0 Å². The Bertz CT molecular complexity index is 786. The first-order valence-electron chi connectivity index (χ1n) is 6.45. The fourth-order valence-electron chi connectivity index (χ4n) is 1.91. The Morgan fingerprint density at radius 2 is 2.33 bits per heavy atom. The Hall–Kier alpha value is -2.32. The number of nitrogens with two attached hydrogens (primary N) is 1. The van der Waals surface area contributed by atoms with E-state index in [-0.39, 0.29) is 12.6 Å². The SMILES string of the molecule is CC/C(CO)=N\c1nc(N)nc2cc(-c3ccn[nH]3)sc12. The molecule has 3 rings (SSSR count). The van der Waals surface area contributed by atoms with Crippen LogP contribution in [0.3, 0.4) is 0 Å². The maximum atomic E-state index is 9.27. The van der Waals surface area contributed by atoms with Crippen molar-refractivity contribution in [2.45, 2.75) is 13.3 Å². The Kier molecular flexibility index (Phi) is 3.63. The molecule has 8 heteroatoms. The predicted octanol–water partition coefficient (Wildman–Crippen LogP) is 2.14. The van der Waals surface area contributed by atoms with Crippen LogP contribution in [0.25, 0.3) is 20.8 Å². The quantitative estimate of drug-likeness (QED) is 0.639. The molecule has 21 heavy (non-hydrogen) atoms. The van der Waals surface area contributed by atoms with Gasteiger partial charge in [0.1, 0.15) is 0 Å². The summed E-state index contributed by atoms with van der Waals surface area (Å²) in [6.45, 7) is 1.84. The number of hydrogen-bond donors (Lipinski definition) is 3. The Balaban J connectivity index is 2.18. The lowest BCUT2D eigenvalue weighted by Crippen LogP contribution is -2.02. The van der Waals surface area contributed by atoms with Gasteiger partial charge in [-0.05, 0) is 18.6 Å². The molecular formula is C13H14N6OS. The van der Waals surface area contributed by atoms with Crippen LogP contribution >= 0.6 is 11.3 Å². The van der Waals surface area contributed by atoms with Gasteiger partial charge in [-0.2, -0.15) is 10.1 Å². The largest absolute Gasteiger partial charge is 0.390 e. The molecule has 3 aromatic heterocycles. The van der Waals surface area contributed by atoms with Gasteiger partial charge in [-0.1, -0.05) is 6.92 Å². The van der Waals surface area contributed by atoms with E-state index in [4.69, 9.17) is 5.73 Å². The molecule has 0 radical (unpaired) electrons. The molecular weight excluding hydrogens is 288 g/mol. The van der Waals surface area contributed by atoms with Gasteiger partial charge >= 0.3 is 0 Å². The lowest BCUT2D eigenvalue weighted by atomic mass is 10.3. The first-order chi connectivity index (χ1) is 10.2. The van der Waals surface area contributed by atoms with Crippen molar-refractivity contribution < 1.29 is 5.11 Å². The van der Waals surface area contributed by atoms with Crippen molar-refractivity contribution in [3.8, 4) is 10.6 Å². The monoisotopic (exact) mass is 302 g/mol. The molecule has 0 saturated carbocycles. The highest BCUT2D eigenvalue weighted by Crippen LogP contribution is 2.36. The molecule has 0 atom stereocenters. The van der Waals surface area contributed by atoms with Crippen molar-refractivity contribution in [2.24, 2.45) is 4.99 Å². The molecule has 0 aliphatic carbocycles. The van der Waals surface area contributed by atoms with Crippen molar-refractivity contribution in [1.82, 2.24) is 20.2 Å². The van der Waals surface area contributed by atoms with Gasteiger partial charge in [-0.25, -0.2) is 9.98 Å². The molecule has 0 aromatic carbocycles. The van der Waals surface area contributed by atoms with Crippen LogP contribution < -0.4 is 5.73 Å². The third kappa shape index (κ3) is 2.63. The molecule has 0 spiro atoms. The lowest BCUT2D eigenvalue weighted by Gasteiger charge is -2.01. The molecule has 0 amide bonds. The number of aromatic amines is 1. The van der Waals surface area contributed by atoms with Gasteiger partial charge in [-0.3, -0.25) is 5.10 Å². The Morgan fingerprint density at radius 1 is 1.48 bits per heavy atom. The normalized spacial score (nSPS) is 12.2. The van der Waals surface area contributed by atoms with Crippen molar-refractivity contribution in [2.75, 3.05) is 12.3 Å². The summed E-state index contributed by atoms with van der Waals surface area (Å²) in [7, 11) is 0. The van der Waals surface area contributed by atoms with Crippen LogP contribution in [0.15, 0.2) is 23.3 Å². The summed E-state index contributed by atoms with van der Waals surface area (Å²) in [5, 5.41) is 16.1. The first kappa shape index (κ1) is 13.7. The van der Waals surface area contributed by atoms with Crippen LogP contribution in [-0.4, -0.2) is 37.6 Å². The van der Waals surface area contributed by atoms with Crippen LogP contribution in [0.1, 0.15) is 13.3 Å². The second kappa shape index (κ2) is 5.58. The van der Waals surface area contributed by atoms with Gasteiger partial charge in [0, 0.05) is 11.9 Å². The number of anilines is 1. The molecule has 108 valence electrons. The number of aromatic nitrogens is 4. The zero-order chi connectivity index (χ0) is 14.8. The van der Waals surface area contributed by atoms with E-state index >= 15 is 0 Å². The zero-order valence-electron chi connectivity index (χ0n) is 11.4. The topological polar surface area (TPSA) is 113 Å². The minimum absolute atomic E-state index is 0.0965. The molecule has 0 saturated heterocycles. The number of rotatable bonds is 4. The molecule has 0 aliphatic rings. The van der Waals surface area contributed by atoms with E-state index in [1.807, 2.05) is 19.1 Å². The van der Waals surface area contributed by atoms with E-state index < -0.39 is 0 Å². The van der Waals surface area contributed by atoms with E-state index in [9.17, 15) is 5.11 Å². The van der Waals surface area contributed by atoms with Crippen LogP contribution in [0.2, 0.25) is 0 Å². The van der Waals surface area contributed by atoms with Crippen LogP contribution in [0.5, 0.6) is 0 Å². The summed E-state index contributed by atoms with van der Waals surface area (Å²) >= 11 is 1.51. The van der Waals surface area contributed by atoms with Gasteiger partial charge in [0.2, 0.25) is 5.95 Å². The number of aliphatic hydroxyl groups excluding tert-OH is 1. The average Bonchev–Trinajstić information content (AvgIpc) is 3.12. The van der Waals surface area contributed by atoms with Gasteiger partial charge in [0.05, 0.1) is 27.4 Å². The molecule has 0 bridgehead atoms. The molecule has 0 fully saturated rings.